The Morgan fingerprint density at radius 3 is 2.62 bits per heavy atom. The van der Waals surface area contributed by atoms with E-state index in [1.807, 2.05) is 0 Å². The van der Waals surface area contributed by atoms with Gasteiger partial charge in [-0.2, -0.15) is 13.2 Å². The number of benzene rings is 1. The van der Waals surface area contributed by atoms with E-state index in [4.69, 9.17) is 16.3 Å². The van der Waals surface area contributed by atoms with Crippen molar-refractivity contribution < 1.29 is 32.3 Å². The van der Waals surface area contributed by atoms with Crippen molar-refractivity contribution in [3.63, 3.8) is 0 Å². The average molecular weight is 559 g/mol. The molecule has 0 bridgehead atoms. The number of halogens is 4. The summed E-state index contributed by atoms with van der Waals surface area (Å²) in [6, 6.07) is 5.49. The summed E-state index contributed by atoms with van der Waals surface area (Å²) >= 11 is 6.96. The first-order chi connectivity index (χ1) is 17.6. The van der Waals surface area contributed by atoms with Crippen LogP contribution in [0.5, 0.6) is 0 Å². The molecule has 2 aromatic rings. The van der Waals surface area contributed by atoms with Gasteiger partial charge in [0.25, 0.3) is 11.8 Å². The highest BCUT2D eigenvalue weighted by Gasteiger charge is 2.36. The summed E-state index contributed by atoms with van der Waals surface area (Å²) in [5.41, 5.74) is -1.44. The molecule has 1 aliphatic heterocycles. The van der Waals surface area contributed by atoms with Gasteiger partial charge in [0.1, 0.15) is 12.6 Å². The SMILES string of the molecule is O=C(NC[C@H](NCC1CCC1)C(=O)Nc1ccc(N2CCOCC2=O)cc1C(F)(F)F)c1ccc(Cl)s1. The van der Waals surface area contributed by atoms with Crippen molar-refractivity contribution in [2.75, 3.05) is 43.1 Å². The van der Waals surface area contributed by atoms with Gasteiger partial charge in [-0.1, -0.05) is 18.0 Å². The molecule has 0 radical (unpaired) electrons. The van der Waals surface area contributed by atoms with Gasteiger partial charge >= 0.3 is 6.18 Å². The van der Waals surface area contributed by atoms with Crippen molar-refractivity contribution in [1.82, 2.24) is 10.6 Å². The molecule has 2 aliphatic rings. The van der Waals surface area contributed by atoms with Crippen molar-refractivity contribution in [2.24, 2.45) is 5.92 Å². The lowest BCUT2D eigenvalue weighted by atomic mass is 9.85. The van der Waals surface area contributed by atoms with Crippen molar-refractivity contribution >= 4 is 52.0 Å². The molecule has 3 amide bonds. The Labute approximate surface area is 220 Å². The molecular formula is C24H26ClF3N4O4S. The molecule has 0 unspecified atom stereocenters. The third kappa shape index (κ3) is 7.01. The number of carbonyl (C=O) groups is 3. The standard InChI is InChI=1S/C24H26ClF3N4O4S/c25-20-7-6-19(37-20)23(35)30-12-18(29-11-14-2-1-3-14)22(34)31-17-5-4-15(10-16(17)24(26,27)28)32-8-9-36-13-21(32)33/h4-7,10,14,18,29H,1-3,8-9,11-13H2,(H,30,35)(H,31,34)/t18-/m0/s1. The topological polar surface area (TPSA) is 99.8 Å². The minimum absolute atomic E-state index is 0.0696. The van der Waals surface area contributed by atoms with Crippen LogP contribution in [0.25, 0.3) is 0 Å². The van der Waals surface area contributed by atoms with E-state index < -0.39 is 41.2 Å². The maximum Gasteiger partial charge on any atom is 0.418 e. The second kappa shape index (κ2) is 11.8. The van der Waals surface area contributed by atoms with Crippen molar-refractivity contribution in [3.8, 4) is 0 Å². The fraction of sp³-hybridized carbons (Fsp3) is 0.458. The third-order valence-corrected chi connectivity index (χ3v) is 7.55. The van der Waals surface area contributed by atoms with E-state index >= 15 is 0 Å². The van der Waals surface area contributed by atoms with Gasteiger partial charge in [-0.3, -0.25) is 14.4 Å². The van der Waals surface area contributed by atoms with Crippen molar-refractivity contribution in [1.29, 1.82) is 0 Å². The molecule has 1 aromatic heterocycles. The number of ether oxygens (including phenoxy) is 1. The van der Waals surface area contributed by atoms with Gasteiger partial charge in [0.05, 0.1) is 27.1 Å². The zero-order chi connectivity index (χ0) is 26.6. The van der Waals surface area contributed by atoms with Crippen LogP contribution in [0.15, 0.2) is 30.3 Å². The highest BCUT2D eigenvalue weighted by molar-refractivity contribution is 7.18. The van der Waals surface area contributed by atoms with Gasteiger partial charge < -0.3 is 25.6 Å². The van der Waals surface area contributed by atoms with E-state index in [1.165, 1.54) is 11.0 Å². The Kier molecular flexibility index (Phi) is 8.73. The molecule has 1 saturated heterocycles. The van der Waals surface area contributed by atoms with Crippen LogP contribution in [-0.4, -0.2) is 56.6 Å². The smallest absolute Gasteiger partial charge is 0.370 e. The van der Waals surface area contributed by atoms with Crippen LogP contribution in [-0.2, 0) is 20.5 Å². The van der Waals surface area contributed by atoms with Crippen molar-refractivity contribution in [2.45, 2.75) is 31.5 Å². The number of hydrogen-bond donors (Lipinski definition) is 3. The zero-order valence-corrected chi connectivity index (χ0v) is 21.3. The molecule has 1 aliphatic carbocycles. The second-order valence-electron chi connectivity index (χ2n) is 8.89. The molecule has 4 rings (SSSR count). The highest BCUT2D eigenvalue weighted by atomic mass is 35.5. The van der Waals surface area contributed by atoms with E-state index in [0.717, 1.165) is 42.7 Å². The van der Waals surface area contributed by atoms with Crippen molar-refractivity contribution in [3.05, 3.63) is 45.1 Å². The summed E-state index contributed by atoms with van der Waals surface area (Å²) in [4.78, 5) is 39.2. The van der Waals surface area contributed by atoms with Crippen LogP contribution in [0.3, 0.4) is 0 Å². The van der Waals surface area contributed by atoms with E-state index in [2.05, 4.69) is 16.0 Å². The Balaban J connectivity index is 1.50. The third-order valence-electron chi connectivity index (χ3n) is 6.32. The molecule has 2 heterocycles. The molecule has 1 atom stereocenters. The molecular weight excluding hydrogens is 533 g/mol. The van der Waals surface area contributed by atoms with E-state index in [9.17, 15) is 27.6 Å². The van der Waals surface area contributed by atoms with E-state index in [-0.39, 0.29) is 32.0 Å². The highest BCUT2D eigenvalue weighted by Crippen LogP contribution is 2.37. The lowest BCUT2D eigenvalue weighted by Crippen LogP contribution is -2.50. The fourth-order valence-corrected chi connectivity index (χ4v) is 5.00. The molecule has 37 heavy (non-hydrogen) atoms. The number of amides is 3. The van der Waals surface area contributed by atoms with Crippen LogP contribution in [0.4, 0.5) is 24.5 Å². The average Bonchev–Trinajstić information content (AvgIpc) is 3.26. The zero-order valence-electron chi connectivity index (χ0n) is 19.7. The monoisotopic (exact) mass is 558 g/mol. The first-order valence-corrected chi connectivity index (χ1v) is 13.0. The minimum atomic E-state index is -4.78. The number of thiophene rings is 1. The maximum absolute atomic E-state index is 13.9. The summed E-state index contributed by atoms with van der Waals surface area (Å²) < 4.78 is 47.3. The lowest BCUT2D eigenvalue weighted by Gasteiger charge is -2.29. The van der Waals surface area contributed by atoms with E-state index in [0.29, 0.717) is 21.7 Å². The molecule has 1 saturated carbocycles. The van der Waals surface area contributed by atoms with E-state index in [1.54, 1.807) is 12.1 Å². The number of hydrogen-bond acceptors (Lipinski definition) is 6. The van der Waals surface area contributed by atoms with Gasteiger partial charge in [0, 0.05) is 18.8 Å². The predicted octanol–water partition coefficient (Wildman–Crippen LogP) is 3.91. The van der Waals surface area contributed by atoms with Gasteiger partial charge in [-0.15, -0.1) is 11.3 Å². The molecule has 1 aromatic carbocycles. The Morgan fingerprint density at radius 2 is 2.00 bits per heavy atom. The number of morpholine rings is 1. The normalized spacial score (nSPS) is 17.3. The lowest BCUT2D eigenvalue weighted by molar-refractivity contribution is -0.137. The summed E-state index contributed by atoms with van der Waals surface area (Å²) in [5.74, 6) is -1.22. The first kappa shape index (κ1) is 27.4. The number of carbonyl (C=O) groups excluding carboxylic acids is 3. The molecule has 200 valence electrons. The summed E-state index contributed by atoms with van der Waals surface area (Å²) in [5, 5.41) is 8.10. The first-order valence-electron chi connectivity index (χ1n) is 11.8. The quantitative estimate of drug-likeness (QED) is 0.433. The summed E-state index contributed by atoms with van der Waals surface area (Å²) in [6.07, 6.45) is -1.69. The Bertz CT molecular complexity index is 1160. The maximum atomic E-state index is 13.9. The van der Waals surface area contributed by atoms with Gasteiger partial charge in [0.15, 0.2) is 0 Å². The van der Waals surface area contributed by atoms with Crippen LogP contribution in [0, 0.1) is 5.92 Å². The van der Waals surface area contributed by atoms with Gasteiger partial charge in [-0.25, -0.2) is 0 Å². The van der Waals surface area contributed by atoms with Gasteiger partial charge in [0.2, 0.25) is 5.91 Å². The number of nitrogens with zero attached hydrogens (tertiary/aromatic N) is 1. The minimum Gasteiger partial charge on any atom is -0.370 e. The van der Waals surface area contributed by atoms with Gasteiger partial charge in [-0.05, 0) is 55.6 Å². The Hall–Kier alpha value is -2.67. The summed E-state index contributed by atoms with van der Waals surface area (Å²) in [6.45, 7) is 0.503. The number of alkyl halides is 3. The van der Waals surface area contributed by atoms with Crippen LogP contribution >= 0.6 is 22.9 Å². The fourth-order valence-electron chi connectivity index (χ4n) is 4.04. The second-order valence-corrected chi connectivity index (χ2v) is 10.6. The molecule has 13 heteroatoms. The molecule has 0 spiro atoms. The largest absolute Gasteiger partial charge is 0.418 e. The molecule has 3 N–H and O–H groups in total. The number of anilines is 2. The van der Waals surface area contributed by atoms with Crippen LogP contribution < -0.4 is 20.9 Å². The summed E-state index contributed by atoms with van der Waals surface area (Å²) in [7, 11) is 0. The predicted molar refractivity (Wildman–Crippen MR) is 134 cm³/mol. The molecule has 8 nitrogen and oxygen atoms in total. The Morgan fingerprint density at radius 1 is 1.22 bits per heavy atom. The molecule has 2 fully saturated rings. The number of nitrogens with one attached hydrogen (secondary N) is 3. The van der Waals surface area contributed by atoms with Crippen LogP contribution in [0.1, 0.15) is 34.5 Å². The van der Waals surface area contributed by atoms with Crippen LogP contribution in [0.2, 0.25) is 4.34 Å². The number of rotatable bonds is 9.